The third kappa shape index (κ3) is 50.0. The number of carbonyl (C=O) groups is 3. The molecule has 0 amide bonds. The first-order chi connectivity index (χ1) is 31.0. The van der Waals surface area contributed by atoms with Crippen molar-refractivity contribution in [3.63, 3.8) is 0 Å². The number of hydrogen-bond donors (Lipinski definition) is 0. The van der Waals surface area contributed by atoms with E-state index in [1.54, 1.807) is 0 Å². The minimum atomic E-state index is -0.802. The molecule has 0 radical (unpaired) electrons. The van der Waals surface area contributed by atoms with Crippen LogP contribution in [0.3, 0.4) is 0 Å². The number of ether oxygens (including phenoxy) is 3. The van der Waals surface area contributed by atoms with E-state index in [1.165, 1.54) is 148 Å². The van der Waals surface area contributed by atoms with Gasteiger partial charge in [-0.2, -0.15) is 0 Å². The van der Waals surface area contributed by atoms with Gasteiger partial charge in [0.2, 0.25) is 0 Å². The number of rotatable bonds is 48. The molecule has 0 rings (SSSR count). The Morgan fingerprint density at radius 3 is 1.11 bits per heavy atom. The zero-order valence-electron chi connectivity index (χ0n) is 41.6. The number of esters is 3. The summed E-state index contributed by atoms with van der Waals surface area (Å²) < 4.78 is 16.7. The van der Waals surface area contributed by atoms with E-state index < -0.39 is 6.10 Å². The normalized spacial score (nSPS) is 12.5. The third-order valence-corrected chi connectivity index (χ3v) is 11.5. The summed E-state index contributed by atoms with van der Waals surface area (Å²) >= 11 is 0. The van der Waals surface area contributed by atoms with Crippen molar-refractivity contribution in [2.45, 2.75) is 271 Å². The maximum absolute atomic E-state index is 12.8. The summed E-state index contributed by atoms with van der Waals surface area (Å²) in [5.41, 5.74) is 0. The Morgan fingerprint density at radius 1 is 0.333 bits per heavy atom. The minimum absolute atomic E-state index is 0.102. The lowest BCUT2D eigenvalue weighted by molar-refractivity contribution is -0.167. The Bertz CT molecular complexity index is 1150. The van der Waals surface area contributed by atoms with Crippen LogP contribution in [0.4, 0.5) is 0 Å². The summed E-state index contributed by atoms with van der Waals surface area (Å²) in [6, 6.07) is 0. The van der Waals surface area contributed by atoms with E-state index in [0.717, 1.165) is 70.6 Å². The van der Waals surface area contributed by atoms with Crippen LogP contribution in [0.5, 0.6) is 0 Å². The highest BCUT2D eigenvalue weighted by molar-refractivity contribution is 5.71. The molecular formula is C57H100O6. The van der Waals surface area contributed by atoms with E-state index in [2.05, 4.69) is 81.5 Å². The molecule has 0 aromatic rings. The minimum Gasteiger partial charge on any atom is -0.462 e. The summed E-state index contributed by atoms with van der Waals surface area (Å²) in [5.74, 6) is -0.974. The fraction of sp³-hybridized carbons (Fsp3) is 0.772. The van der Waals surface area contributed by atoms with Crippen molar-refractivity contribution in [3.05, 3.63) is 60.8 Å². The molecule has 63 heavy (non-hydrogen) atoms. The summed E-state index contributed by atoms with van der Waals surface area (Å²) in [6.07, 6.45) is 63.6. The Morgan fingerprint density at radius 2 is 0.651 bits per heavy atom. The Kier molecular flexibility index (Phi) is 49.4. The lowest BCUT2D eigenvalue weighted by atomic mass is 10.0. The van der Waals surface area contributed by atoms with Crippen molar-refractivity contribution < 1.29 is 28.6 Å². The number of carbonyl (C=O) groups excluding carboxylic acids is 3. The highest BCUT2D eigenvalue weighted by Crippen LogP contribution is 2.15. The van der Waals surface area contributed by atoms with Gasteiger partial charge in [0.05, 0.1) is 0 Å². The molecule has 1 unspecified atom stereocenters. The zero-order valence-corrected chi connectivity index (χ0v) is 41.6. The van der Waals surface area contributed by atoms with Gasteiger partial charge in [-0.3, -0.25) is 14.4 Å². The van der Waals surface area contributed by atoms with Gasteiger partial charge in [0, 0.05) is 19.3 Å². The fourth-order valence-electron chi connectivity index (χ4n) is 7.44. The predicted octanol–water partition coefficient (Wildman–Crippen LogP) is 17.6. The summed E-state index contributed by atoms with van der Waals surface area (Å²) in [6.45, 7) is 6.53. The van der Waals surface area contributed by atoms with Gasteiger partial charge < -0.3 is 14.2 Å². The molecule has 0 aromatic heterocycles. The second kappa shape index (κ2) is 51.7. The molecule has 0 saturated carbocycles. The van der Waals surface area contributed by atoms with Gasteiger partial charge in [-0.05, 0) is 70.6 Å². The van der Waals surface area contributed by atoms with Gasteiger partial charge in [-0.25, -0.2) is 0 Å². The van der Waals surface area contributed by atoms with Gasteiger partial charge in [0.15, 0.2) is 6.10 Å². The molecule has 0 aromatic carbocycles. The monoisotopic (exact) mass is 881 g/mol. The first kappa shape index (κ1) is 60.1. The molecule has 0 aliphatic carbocycles. The Balaban J connectivity index is 4.43. The summed E-state index contributed by atoms with van der Waals surface area (Å²) in [4.78, 5) is 37.9. The summed E-state index contributed by atoms with van der Waals surface area (Å²) in [7, 11) is 0. The maximum atomic E-state index is 12.8. The van der Waals surface area contributed by atoms with E-state index in [0.29, 0.717) is 19.3 Å². The Labute approximate surface area is 390 Å². The molecule has 6 heteroatoms. The SMILES string of the molecule is CCCC/C=C\C=C/CCCCCC(=O)OCC(COC(=O)CCC/C=C\C/C=C\C/C=C\CCCCCCCC)OC(=O)CCCCCCCCCCCCCCCCCCC. The highest BCUT2D eigenvalue weighted by atomic mass is 16.6. The Hall–Kier alpha value is -2.89. The second-order valence-corrected chi connectivity index (χ2v) is 17.8. The van der Waals surface area contributed by atoms with Crippen molar-refractivity contribution in [2.24, 2.45) is 0 Å². The molecule has 6 nitrogen and oxygen atoms in total. The molecule has 0 spiro atoms. The lowest BCUT2D eigenvalue weighted by Gasteiger charge is -2.18. The van der Waals surface area contributed by atoms with Crippen LogP contribution in [-0.4, -0.2) is 37.2 Å². The van der Waals surface area contributed by atoms with Crippen LogP contribution in [0.1, 0.15) is 265 Å². The molecule has 0 aliphatic heterocycles. The standard InChI is InChI=1S/C57H100O6/c1-4-7-10-13-16-19-22-24-26-28-30-32-35-38-41-44-47-50-56(59)62-53-54(52-61-55(58)49-46-43-40-37-34-21-18-15-12-9-6-3)63-57(60)51-48-45-42-39-36-33-31-29-27-25-23-20-17-14-11-8-5-2/h15,18,21,24,26,30,32,34,38,41,54H,4-14,16-17,19-20,22-23,25,27-29,31,33,35-37,39-40,42-53H2,1-3H3/b18-15-,26-24-,32-30-,34-21-,41-38-. The van der Waals surface area contributed by atoms with E-state index in [1.807, 2.05) is 0 Å². The van der Waals surface area contributed by atoms with Gasteiger partial charge >= 0.3 is 17.9 Å². The van der Waals surface area contributed by atoms with Crippen LogP contribution in [0.2, 0.25) is 0 Å². The van der Waals surface area contributed by atoms with E-state index in [4.69, 9.17) is 14.2 Å². The third-order valence-electron chi connectivity index (χ3n) is 11.5. The average Bonchev–Trinajstić information content (AvgIpc) is 3.28. The van der Waals surface area contributed by atoms with Gasteiger partial charge in [-0.1, -0.05) is 236 Å². The van der Waals surface area contributed by atoms with Crippen molar-refractivity contribution in [3.8, 4) is 0 Å². The smallest absolute Gasteiger partial charge is 0.306 e. The molecule has 0 fully saturated rings. The van der Waals surface area contributed by atoms with E-state index >= 15 is 0 Å². The number of unbranched alkanes of at least 4 members (excludes halogenated alkanes) is 28. The molecule has 1 atom stereocenters. The van der Waals surface area contributed by atoms with Crippen molar-refractivity contribution in [1.29, 1.82) is 0 Å². The predicted molar refractivity (Wildman–Crippen MR) is 270 cm³/mol. The lowest BCUT2D eigenvalue weighted by Crippen LogP contribution is -2.30. The highest BCUT2D eigenvalue weighted by Gasteiger charge is 2.19. The van der Waals surface area contributed by atoms with Crippen LogP contribution in [0.15, 0.2) is 60.8 Å². The average molecular weight is 881 g/mol. The topological polar surface area (TPSA) is 78.9 Å². The first-order valence-electron chi connectivity index (χ1n) is 26.8. The summed E-state index contributed by atoms with van der Waals surface area (Å²) in [5, 5.41) is 0. The first-order valence-corrected chi connectivity index (χ1v) is 26.8. The van der Waals surface area contributed by atoms with Crippen molar-refractivity contribution in [1.82, 2.24) is 0 Å². The molecule has 0 bridgehead atoms. The van der Waals surface area contributed by atoms with Crippen molar-refractivity contribution in [2.75, 3.05) is 13.2 Å². The van der Waals surface area contributed by atoms with Crippen LogP contribution in [0.25, 0.3) is 0 Å². The number of hydrogen-bond acceptors (Lipinski definition) is 6. The van der Waals surface area contributed by atoms with E-state index in [-0.39, 0.29) is 37.5 Å². The van der Waals surface area contributed by atoms with Gasteiger partial charge in [-0.15, -0.1) is 0 Å². The quantitative estimate of drug-likeness (QED) is 0.0199. The number of allylic oxidation sites excluding steroid dienone is 10. The second-order valence-electron chi connectivity index (χ2n) is 17.8. The molecular weight excluding hydrogens is 781 g/mol. The molecule has 0 saturated heterocycles. The van der Waals surface area contributed by atoms with Gasteiger partial charge in [0.1, 0.15) is 13.2 Å². The van der Waals surface area contributed by atoms with Crippen LogP contribution < -0.4 is 0 Å². The van der Waals surface area contributed by atoms with Crippen molar-refractivity contribution >= 4 is 17.9 Å². The molecule has 0 N–H and O–H groups in total. The maximum Gasteiger partial charge on any atom is 0.306 e. The van der Waals surface area contributed by atoms with Crippen LogP contribution in [0, 0.1) is 0 Å². The molecule has 0 aliphatic rings. The molecule has 0 heterocycles. The van der Waals surface area contributed by atoms with Gasteiger partial charge in [0.25, 0.3) is 0 Å². The zero-order chi connectivity index (χ0) is 45.8. The molecule has 364 valence electrons. The van der Waals surface area contributed by atoms with E-state index in [9.17, 15) is 14.4 Å². The van der Waals surface area contributed by atoms with Crippen LogP contribution in [-0.2, 0) is 28.6 Å². The fourth-order valence-corrected chi connectivity index (χ4v) is 7.44. The largest absolute Gasteiger partial charge is 0.462 e. The van der Waals surface area contributed by atoms with Crippen LogP contribution >= 0.6 is 0 Å².